The summed E-state index contributed by atoms with van der Waals surface area (Å²) in [5.74, 6) is 1.28. The van der Waals surface area contributed by atoms with E-state index in [1.807, 2.05) is 6.92 Å². The van der Waals surface area contributed by atoms with E-state index in [0.717, 1.165) is 5.56 Å². The van der Waals surface area contributed by atoms with Crippen LogP contribution in [0.25, 0.3) is 0 Å². The molecule has 2 rings (SSSR count). The van der Waals surface area contributed by atoms with Crippen molar-refractivity contribution < 1.29 is 28.1 Å². The minimum absolute atomic E-state index is 0.228. The van der Waals surface area contributed by atoms with Gasteiger partial charge in [-0.1, -0.05) is 6.92 Å². The Kier molecular flexibility index (Phi) is 7.28. The van der Waals surface area contributed by atoms with Gasteiger partial charge < -0.3 is 24.3 Å². The summed E-state index contributed by atoms with van der Waals surface area (Å²) in [6.45, 7) is 2.07. The maximum Gasteiger partial charge on any atom is 0.261 e. The molecule has 0 aliphatic carbocycles. The van der Waals surface area contributed by atoms with Gasteiger partial charge in [0.05, 0.1) is 21.3 Å². The maximum absolute atomic E-state index is 13.0. The number of methoxy groups -OCH3 is 3. The van der Waals surface area contributed by atoms with Crippen molar-refractivity contribution >= 4 is 5.91 Å². The van der Waals surface area contributed by atoms with E-state index < -0.39 is 6.10 Å². The van der Waals surface area contributed by atoms with E-state index in [0.29, 0.717) is 29.4 Å². The second kappa shape index (κ2) is 9.66. The van der Waals surface area contributed by atoms with Crippen molar-refractivity contribution in [3.63, 3.8) is 0 Å². The predicted molar refractivity (Wildman–Crippen MR) is 99.1 cm³/mol. The fourth-order valence-corrected chi connectivity index (χ4v) is 2.60. The van der Waals surface area contributed by atoms with Crippen molar-refractivity contribution in [2.75, 3.05) is 21.3 Å². The molecule has 0 aliphatic rings. The van der Waals surface area contributed by atoms with Gasteiger partial charge in [0.15, 0.2) is 17.6 Å². The Hall–Kier alpha value is -2.96. The Balaban J connectivity index is 2.08. The molecule has 0 aliphatic heterocycles. The van der Waals surface area contributed by atoms with Crippen LogP contribution in [0.3, 0.4) is 0 Å². The second-order valence-electron chi connectivity index (χ2n) is 5.68. The van der Waals surface area contributed by atoms with Crippen molar-refractivity contribution in [2.45, 2.75) is 26.0 Å². The summed E-state index contributed by atoms with van der Waals surface area (Å²) >= 11 is 0. The fourth-order valence-electron chi connectivity index (χ4n) is 2.60. The number of benzene rings is 2. The number of amides is 1. The van der Waals surface area contributed by atoms with Gasteiger partial charge in [-0.05, 0) is 42.8 Å². The molecule has 6 nitrogen and oxygen atoms in total. The van der Waals surface area contributed by atoms with Gasteiger partial charge in [0.25, 0.3) is 5.91 Å². The standard InChI is InChI=1S/C20H24FNO5/c1-5-16(27-15-9-7-14(21)8-10-15)20(23)22-12-13-6-11-17(24-2)19(26-4)18(13)25-3/h6-11,16H,5,12H2,1-4H3,(H,22,23)/t16-/m0/s1. The SMILES string of the molecule is CC[C@H](Oc1ccc(F)cc1)C(=O)NCc1ccc(OC)c(OC)c1OC. The molecule has 0 saturated carbocycles. The topological polar surface area (TPSA) is 66.0 Å². The highest BCUT2D eigenvalue weighted by Gasteiger charge is 2.20. The summed E-state index contributed by atoms with van der Waals surface area (Å²) < 4.78 is 34.7. The molecule has 0 unspecified atom stereocenters. The van der Waals surface area contributed by atoms with Crippen LogP contribution in [0.5, 0.6) is 23.0 Å². The van der Waals surface area contributed by atoms with Crippen LogP contribution in [0.2, 0.25) is 0 Å². The average Bonchev–Trinajstić information content (AvgIpc) is 2.70. The molecule has 1 amide bonds. The molecular formula is C20H24FNO5. The lowest BCUT2D eigenvalue weighted by Gasteiger charge is -2.19. The van der Waals surface area contributed by atoms with E-state index in [4.69, 9.17) is 18.9 Å². The lowest BCUT2D eigenvalue weighted by Crippen LogP contribution is -2.37. The minimum atomic E-state index is -0.693. The van der Waals surface area contributed by atoms with Crippen LogP contribution in [0.15, 0.2) is 36.4 Å². The number of hydrogen-bond donors (Lipinski definition) is 1. The molecule has 0 heterocycles. The van der Waals surface area contributed by atoms with Gasteiger partial charge >= 0.3 is 0 Å². The van der Waals surface area contributed by atoms with Crippen molar-refractivity contribution in [1.82, 2.24) is 5.32 Å². The first-order chi connectivity index (χ1) is 13.0. The molecule has 2 aromatic rings. The van der Waals surface area contributed by atoms with E-state index in [1.54, 1.807) is 12.1 Å². The molecule has 27 heavy (non-hydrogen) atoms. The molecule has 1 atom stereocenters. The number of carbonyl (C=O) groups excluding carboxylic acids is 1. The van der Waals surface area contributed by atoms with Gasteiger partial charge in [-0.25, -0.2) is 4.39 Å². The lowest BCUT2D eigenvalue weighted by atomic mass is 10.1. The van der Waals surface area contributed by atoms with Gasteiger partial charge in [0.1, 0.15) is 11.6 Å². The summed E-state index contributed by atoms with van der Waals surface area (Å²) in [4.78, 5) is 12.5. The Labute approximate surface area is 158 Å². The molecule has 0 radical (unpaired) electrons. The number of ether oxygens (including phenoxy) is 4. The summed E-state index contributed by atoms with van der Waals surface area (Å²) in [7, 11) is 4.58. The molecule has 7 heteroatoms. The maximum atomic E-state index is 13.0. The Morgan fingerprint density at radius 1 is 1.00 bits per heavy atom. The van der Waals surface area contributed by atoms with Gasteiger partial charge in [0.2, 0.25) is 5.75 Å². The third-order valence-corrected chi connectivity index (χ3v) is 3.99. The van der Waals surface area contributed by atoms with Gasteiger partial charge in [-0.15, -0.1) is 0 Å². The Morgan fingerprint density at radius 2 is 1.67 bits per heavy atom. The van der Waals surface area contributed by atoms with Crippen LogP contribution in [0.1, 0.15) is 18.9 Å². The monoisotopic (exact) mass is 377 g/mol. The Morgan fingerprint density at radius 3 is 2.22 bits per heavy atom. The van der Waals surface area contributed by atoms with Gasteiger partial charge in [-0.3, -0.25) is 4.79 Å². The van der Waals surface area contributed by atoms with Crippen LogP contribution in [-0.4, -0.2) is 33.3 Å². The first-order valence-corrected chi connectivity index (χ1v) is 8.51. The summed E-state index contributed by atoms with van der Waals surface area (Å²) in [6, 6.07) is 9.09. The van der Waals surface area contributed by atoms with Crippen molar-refractivity contribution in [1.29, 1.82) is 0 Å². The molecule has 0 saturated heterocycles. The molecule has 1 N–H and O–H groups in total. The summed E-state index contributed by atoms with van der Waals surface area (Å²) in [5.41, 5.74) is 0.736. The molecule has 0 bridgehead atoms. The largest absolute Gasteiger partial charge is 0.493 e. The molecular weight excluding hydrogens is 353 g/mol. The lowest BCUT2D eigenvalue weighted by molar-refractivity contribution is -0.128. The van der Waals surface area contributed by atoms with Gasteiger partial charge in [-0.2, -0.15) is 0 Å². The zero-order valence-corrected chi connectivity index (χ0v) is 15.9. The first kappa shape index (κ1) is 20.4. The minimum Gasteiger partial charge on any atom is -0.493 e. The highest BCUT2D eigenvalue weighted by Crippen LogP contribution is 2.39. The summed E-state index contributed by atoms with van der Waals surface area (Å²) in [5, 5.41) is 2.83. The molecule has 0 spiro atoms. The number of carbonyl (C=O) groups is 1. The fraction of sp³-hybridized carbons (Fsp3) is 0.350. The molecule has 146 valence electrons. The van der Waals surface area contributed by atoms with E-state index in [9.17, 15) is 9.18 Å². The predicted octanol–water partition coefficient (Wildman–Crippen LogP) is 3.33. The van der Waals surface area contributed by atoms with Crippen LogP contribution in [-0.2, 0) is 11.3 Å². The third kappa shape index (κ3) is 5.03. The van der Waals surface area contributed by atoms with Crippen molar-refractivity contribution in [2.24, 2.45) is 0 Å². The highest BCUT2D eigenvalue weighted by molar-refractivity contribution is 5.81. The number of hydrogen-bond acceptors (Lipinski definition) is 5. The van der Waals surface area contributed by atoms with Crippen molar-refractivity contribution in [3.05, 3.63) is 47.8 Å². The van der Waals surface area contributed by atoms with Crippen LogP contribution in [0.4, 0.5) is 4.39 Å². The third-order valence-electron chi connectivity index (χ3n) is 3.99. The van der Waals surface area contributed by atoms with Crippen LogP contribution >= 0.6 is 0 Å². The quantitative estimate of drug-likeness (QED) is 0.726. The normalized spacial score (nSPS) is 11.4. The molecule has 0 aromatic heterocycles. The zero-order valence-electron chi connectivity index (χ0n) is 15.9. The summed E-state index contributed by atoms with van der Waals surface area (Å²) in [6.07, 6.45) is -0.228. The second-order valence-corrected chi connectivity index (χ2v) is 5.68. The smallest absolute Gasteiger partial charge is 0.261 e. The molecule has 0 fully saturated rings. The van der Waals surface area contributed by atoms with Crippen LogP contribution < -0.4 is 24.3 Å². The van der Waals surface area contributed by atoms with Crippen molar-refractivity contribution in [3.8, 4) is 23.0 Å². The highest BCUT2D eigenvalue weighted by atomic mass is 19.1. The van der Waals surface area contributed by atoms with Gasteiger partial charge in [0, 0.05) is 12.1 Å². The van der Waals surface area contributed by atoms with E-state index in [-0.39, 0.29) is 18.3 Å². The van der Waals surface area contributed by atoms with Crippen LogP contribution in [0, 0.1) is 5.82 Å². The number of halogens is 1. The van der Waals surface area contributed by atoms with E-state index in [1.165, 1.54) is 45.6 Å². The Bertz CT molecular complexity index is 764. The number of nitrogens with one attached hydrogen (secondary N) is 1. The zero-order chi connectivity index (χ0) is 19.8. The first-order valence-electron chi connectivity index (χ1n) is 8.51. The average molecular weight is 377 g/mol. The van der Waals surface area contributed by atoms with E-state index in [2.05, 4.69) is 5.32 Å². The molecule has 2 aromatic carbocycles. The number of rotatable bonds is 9. The van der Waals surface area contributed by atoms with E-state index >= 15 is 0 Å².